The highest BCUT2D eigenvalue weighted by Crippen LogP contribution is 2.46. The fourth-order valence-electron chi connectivity index (χ4n) is 9.42. The molecular weight excluding hydrogens is 741 g/mol. The number of rotatable bonds is 7. The summed E-state index contributed by atoms with van der Waals surface area (Å²) in [5.41, 5.74) is 15.5. The van der Waals surface area contributed by atoms with Gasteiger partial charge in [-0.3, -0.25) is 0 Å². The fraction of sp³-hybridized carbons (Fsp3) is 0. The van der Waals surface area contributed by atoms with Gasteiger partial charge in [-0.2, -0.15) is 0 Å². The molecule has 0 aliphatic rings. The van der Waals surface area contributed by atoms with E-state index in [-0.39, 0.29) is 0 Å². The number of para-hydroxylation sites is 5. The maximum absolute atomic E-state index is 6.68. The van der Waals surface area contributed by atoms with E-state index in [2.05, 4.69) is 234 Å². The van der Waals surface area contributed by atoms with Crippen molar-refractivity contribution in [2.24, 2.45) is 0 Å². The fourth-order valence-corrected chi connectivity index (χ4v) is 9.42. The minimum atomic E-state index is 0.896. The Kier molecular flexibility index (Phi) is 8.17. The van der Waals surface area contributed by atoms with Crippen LogP contribution in [0, 0.1) is 0 Å². The third-order valence-electron chi connectivity index (χ3n) is 12.2. The molecule has 12 rings (SSSR count). The van der Waals surface area contributed by atoms with E-state index in [9.17, 15) is 0 Å². The molecule has 0 atom stereocenters. The first-order valence-electron chi connectivity index (χ1n) is 20.8. The summed E-state index contributed by atoms with van der Waals surface area (Å²) >= 11 is 0. The number of benzene rings is 10. The molecule has 0 aliphatic carbocycles. The van der Waals surface area contributed by atoms with Gasteiger partial charge in [0, 0.05) is 49.4 Å². The van der Waals surface area contributed by atoms with Crippen LogP contribution in [-0.4, -0.2) is 4.57 Å². The Hall–Kier alpha value is -8.14. The van der Waals surface area contributed by atoms with Crippen LogP contribution in [0.3, 0.4) is 0 Å². The van der Waals surface area contributed by atoms with Gasteiger partial charge in [0.1, 0.15) is 11.2 Å². The minimum Gasteiger partial charge on any atom is -0.455 e. The summed E-state index contributed by atoms with van der Waals surface area (Å²) in [7, 11) is 0. The molecule has 3 heteroatoms. The van der Waals surface area contributed by atoms with E-state index < -0.39 is 0 Å². The lowest BCUT2D eigenvalue weighted by molar-refractivity contribution is 0.673. The number of aromatic nitrogens is 1. The molecule has 2 aromatic heterocycles. The summed E-state index contributed by atoms with van der Waals surface area (Å²) in [6, 6.07) is 82.8. The molecular formula is C58H38N2O. The summed E-state index contributed by atoms with van der Waals surface area (Å²) in [5, 5.41) is 7.01. The quantitative estimate of drug-likeness (QED) is 0.161. The molecule has 0 N–H and O–H groups in total. The van der Waals surface area contributed by atoms with Crippen molar-refractivity contribution < 1.29 is 4.42 Å². The van der Waals surface area contributed by atoms with E-state index in [0.717, 1.165) is 72.2 Å². The average Bonchev–Trinajstić information content (AvgIpc) is 3.89. The van der Waals surface area contributed by atoms with E-state index in [4.69, 9.17) is 4.42 Å². The largest absolute Gasteiger partial charge is 0.455 e. The van der Waals surface area contributed by atoms with Crippen molar-refractivity contribution in [1.82, 2.24) is 4.57 Å². The zero-order chi connectivity index (χ0) is 40.3. The van der Waals surface area contributed by atoms with E-state index in [1.165, 1.54) is 38.5 Å². The van der Waals surface area contributed by atoms with Gasteiger partial charge in [0.15, 0.2) is 0 Å². The Balaban J connectivity index is 1.03. The van der Waals surface area contributed by atoms with Crippen LogP contribution in [0.1, 0.15) is 0 Å². The van der Waals surface area contributed by atoms with Crippen molar-refractivity contribution in [2.75, 3.05) is 4.90 Å². The molecule has 0 saturated heterocycles. The zero-order valence-corrected chi connectivity index (χ0v) is 33.2. The van der Waals surface area contributed by atoms with Crippen LogP contribution >= 0.6 is 0 Å². The lowest BCUT2D eigenvalue weighted by Crippen LogP contribution is -2.11. The molecule has 0 saturated carbocycles. The van der Waals surface area contributed by atoms with Gasteiger partial charge in [-0.15, -0.1) is 0 Å². The molecule has 61 heavy (non-hydrogen) atoms. The summed E-state index contributed by atoms with van der Waals surface area (Å²) in [6.45, 7) is 0. The molecule has 2 heterocycles. The topological polar surface area (TPSA) is 21.3 Å². The summed E-state index contributed by atoms with van der Waals surface area (Å²) < 4.78 is 9.09. The van der Waals surface area contributed by atoms with Crippen molar-refractivity contribution in [1.29, 1.82) is 0 Å². The summed E-state index contributed by atoms with van der Waals surface area (Å²) in [6.07, 6.45) is 0. The van der Waals surface area contributed by atoms with E-state index in [1.54, 1.807) is 0 Å². The molecule has 0 radical (unpaired) electrons. The first-order valence-corrected chi connectivity index (χ1v) is 20.8. The van der Waals surface area contributed by atoms with E-state index >= 15 is 0 Å². The van der Waals surface area contributed by atoms with Gasteiger partial charge in [-0.05, 0) is 88.3 Å². The molecule has 10 aromatic carbocycles. The van der Waals surface area contributed by atoms with E-state index in [1.807, 2.05) is 6.07 Å². The highest BCUT2D eigenvalue weighted by atomic mass is 16.3. The predicted octanol–water partition coefficient (Wildman–Crippen LogP) is 16.3. The third-order valence-corrected chi connectivity index (χ3v) is 12.2. The summed E-state index contributed by atoms with van der Waals surface area (Å²) in [5.74, 6) is 0. The molecule has 0 aliphatic heterocycles. The average molecular weight is 779 g/mol. The molecule has 0 unspecified atom stereocenters. The number of anilines is 3. The second-order valence-electron chi connectivity index (χ2n) is 15.6. The Morgan fingerprint density at radius 1 is 0.344 bits per heavy atom. The van der Waals surface area contributed by atoms with Crippen LogP contribution in [0.2, 0.25) is 0 Å². The van der Waals surface area contributed by atoms with Crippen molar-refractivity contribution in [3.63, 3.8) is 0 Å². The monoisotopic (exact) mass is 778 g/mol. The number of fused-ring (bicyclic) bond motifs is 8. The third kappa shape index (κ3) is 5.74. The SMILES string of the molecule is c1ccc(-c2ccc(N(c3ccc(-c4ccccc4-n4c5ccccc5c5ccccc54)cc3)c3ccccc3-c3cccc4ccc5c6ccccc6oc5c34)cc2)cc1. The predicted molar refractivity (Wildman–Crippen MR) is 257 cm³/mol. The van der Waals surface area contributed by atoms with Gasteiger partial charge in [-0.1, -0.05) is 170 Å². The summed E-state index contributed by atoms with van der Waals surface area (Å²) in [4.78, 5) is 2.39. The van der Waals surface area contributed by atoms with Gasteiger partial charge in [0.05, 0.1) is 22.4 Å². The zero-order valence-electron chi connectivity index (χ0n) is 33.2. The van der Waals surface area contributed by atoms with E-state index in [0.29, 0.717) is 0 Å². The smallest absolute Gasteiger partial charge is 0.143 e. The Labute approximate surface area is 353 Å². The van der Waals surface area contributed by atoms with Crippen LogP contribution in [0.4, 0.5) is 17.1 Å². The molecule has 0 bridgehead atoms. The maximum atomic E-state index is 6.68. The first kappa shape index (κ1) is 34.9. The number of hydrogen-bond acceptors (Lipinski definition) is 2. The lowest BCUT2D eigenvalue weighted by Gasteiger charge is -2.28. The standard InChI is InChI=1S/C58H38N2O/c1-2-15-39(16-3-1)40-29-34-43(35-30-40)59(53-25-10-7-21-48(53)50-23-14-17-42-33-38-51-49-22-8-13-28-56(49)61-58(51)57(42)50)44-36-31-41(32-37-44)45-18-4-9-24-52(45)60-54-26-11-5-19-46(54)47-20-6-12-27-55(47)60/h1-38H. The van der Waals surface area contributed by atoms with Crippen molar-refractivity contribution in [3.8, 4) is 39.1 Å². The molecule has 12 aromatic rings. The van der Waals surface area contributed by atoms with Gasteiger partial charge in [-0.25, -0.2) is 0 Å². The second kappa shape index (κ2) is 14.3. The van der Waals surface area contributed by atoms with Gasteiger partial charge < -0.3 is 13.9 Å². The van der Waals surface area contributed by atoms with Gasteiger partial charge in [0.25, 0.3) is 0 Å². The number of furan rings is 1. The Bertz CT molecular complexity index is 3520. The van der Waals surface area contributed by atoms with Crippen molar-refractivity contribution in [2.45, 2.75) is 0 Å². The number of hydrogen-bond donors (Lipinski definition) is 0. The highest BCUT2D eigenvalue weighted by Gasteiger charge is 2.22. The maximum Gasteiger partial charge on any atom is 0.143 e. The van der Waals surface area contributed by atoms with Crippen LogP contribution in [0.15, 0.2) is 235 Å². The Morgan fingerprint density at radius 3 is 1.64 bits per heavy atom. The Morgan fingerprint density at radius 2 is 0.902 bits per heavy atom. The van der Waals surface area contributed by atoms with Crippen LogP contribution < -0.4 is 4.90 Å². The lowest BCUT2D eigenvalue weighted by atomic mass is 9.94. The number of nitrogens with zero attached hydrogens (tertiary/aromatic N) is 2. The molecule has 0 amide bonds. The molecule has 0 spiro atoms. The molecule has 286 valence electrons. The van der Waals surface area contributed by atoms with Gasteiger partial charge >= 0.3 is 0 Å². The molecule has 3 nitrogen and oxygen atoms in total. The first-order chi connectivity index (χ1) is 30.3. The second-order valence-corrected chi connectivity index (χ2v) is 15.6. The minimum absolute atomic E-state index is 0.896. The van der Waals surface area contributed by atoms with Crippen molar-refractivity contribution in [3.05, 3.63) is 231 Å². The normalized spacial score (nSPS) is 11.6. The van der Waals surface area contributed by atoms with Crippen LogP contribution in [-0.2, 0) is 0 Å². The molecule has 0 fully saturated rings. The van der Waals surface area contributed by atoms with Crippen LogP contribution in [0.5, 0.6) is 0 Å². The van der Waals surface area contributed by atoms with Gasteiger partial charge in [0.2, 0.25) is 0 Å². The van der Waals surface area contributed by atoms with Crippen LogP contribution in [0.25, 0.3) is 93.6 Å². The van der Waals surface area contributed by atoms with Crippen molar-refractivity contribution >= 4 is 71.6 Å². The highest BCUT2D eigenvalue weighted by molar-refractivity contribution is 6.19.